The molecule has 1 atom stereocenters. The summed E-state index contributed by atoms with van der Waals surface area (Å²) in [6.45, 7) is 0.202. The summed E-state index contributed by atoms with van der Waals surface area (Å²) in [5.41, 5.74) is 1.92. The van der Waals surface area contributed by atoms with Gasteiger partial charge in [-0.15, -0.1) is 0 Å². The van der Waals surface area contributed by atoms with Crippen LogP contribution in [0.3, 0.4) is 0 Å². The maximum absolute atomic E-state index is 10.7. The predicted octanol–water partition coefficient (Wildman–Crippen LogP) is 3.74. The van der Waals surface area contributed by atoms with E-state index in [1.807, 2.05) is 12.1 Å². The summed E-state index contributed by atoms with van der Waals surface area (Å²) >= 11 is 0. The first-order valence-corrected chi connectivity index (χ1v) is 7.64. The van der Waals surface area contributed by atoms with Gasteiger partial charge in [0, 0.05) is 0 Å². The lowest BCUT2D eigenvalue weighted by atomic mass is 9.92. The Bertz CT molecular complexity index is 536. The number of aliphatic hydroxyl groups is 1. The molecule has 2 aliphatic rings. The topological polar surface area (TPSA) is 47.9 Å². The van der Waals surface area contributed by atoms with E-state index in [4.69, 9.17) is 14.2 Å². The molecule has 0 fully saturated rings. The molecule has 21 heavy (non-hydrogen) atoms. The standard InChI is InChI=1S/C17H22O4/c1-19-14-9-13(10-15-17(14)21-11-20-15)16(18)12-7-5-3-2-4-6-8-12/h7,9-10,16,18H,2-6,8,11H2,1H3/b12-7+. The summed E-state index contributed by atoms with van der Waals surface area (Å²) in [6, 6.07) is 3.70. The van der Waals surface area contributed by atoms with Crippen LogP contribution in [0.2, 0.25) is 0 Å². The minimum absolute atomic E-state index is 0.202. The van der Waals surface area contributed by atoms with E-state index in [-0.39, 0.29) is 6.79 Å². The van der Waals surface area contributed by atoms with E-state index in [9.17, 15) is 5.11 Å². The van der Waals surface area contributed by atoms with Crippen LogP contribution in [0.15, 0.2) is 23.8 Å². The average Bonchev–Trinajstić information content (AvgIpc) is 2.93. The van der Waals surface area contributed by atoms with Crippen molar-refractivity contribution in [2.45, 2.75) is 44.6 Å². The number of allylic oxidation sites excluding steroid dienone is 1. The van der Waals surface area contributed by atoms with Crippen LogP contribution in [-0.2, 0) is 0 Å². The minimum Gasteiger partial charge on any atom is -0.493 e. The molecular weight excluding hydrogens is 268 g/mol. The van der Waals surface area contributed by atoms with Gasteiger partial charge in [-0.1, -0.05) is 18.9 Å². The van der Waals surface area contributed by atoms with Crippen LogP contribution in [0.4, 0.5) is 0 Å². The Kier molecular flexibility index (Phi) is 4.34. The Labute approximate surface area is 125 Å². The third kappa shape index (κ3) is 3.00. The molecule has 1 aromatic rings. The number of ether oxygens (including phenoxy) is 3. The van der Waals surface area contributed by atoms with Crippen LogP contribution in [0.5, 0.6) is 17.2 Å². The highest BCUT2D eigenvalue weighted by Crippen LogP contribution is 2.44. The fraction of sp³-hybridized carbons (Fsp3) is 0.529. The maximum Gasteiger partial charge on any atom is 0.231 e. The summed E-state index contributed by atoms with van der Waals surface area (Å²) in [6.07, 6.45) is 8.50. The molecule has 0 saturated heterocycles. The largest absolute Gasteiger partial charge is 0.493 e. The van der Waals surface area contributed by atoms with Crippen molar-refractivity contribution < 1.29 is 19.3 Å². The lowest BCUT2D eigenvalue weighted by molar-refractivity contribution is 0.171. The van der Waals surface area contributed by atoms with Gasteiger partial charge >= 0.3 is 0 Å². The van der Waals surface area contributed by atoms with Crippen molar-refractivity contribution in [1.82, 2.24) is 0 Å². The van der Waals surface area contributed by atoms with E-state index in [0.29, 0.717) is 17.2 Å². The predicted molar refractivity (Wildman–Crippen MR) is 79.9 cm³/mol. The normalized spacial score (nSPS) is 21.9. The molecule has 1 aliphatic heterocycles. The molecule has 1 N–H and O–H groups in total. The Morgan fingerprint density at radius 3 is 2.86 bits per heavy atom. The van der Waals surface area contributed by atoms with Gasteiger partial charge < -0.3 is 19.3 Å². The Balaban J connectivity index is 1.88. The highest BCUT2D eigenvalue weighted by Gasteiger charge is 2.23. The van der Waals surface area contributed by atoms with Crippen LogP contribution in [0.1, 0.15) is 50.2 Å². The fourth-order valence-corrected chi connectivity index (χ4v) is 2.99. The number of methoxy groups -OCH3 is 1. The molecule has 0 aromatic heterocycles. The Morgan fingerprint density at radius 2 is 2.00 bits per heavy atom. The molecule has 1 heterocycles. The zero-order valence-corrected chi connectivity index (χ0v) is 12.4. The molecule has 114 valence electrons. The smallest absolute Gasteiger partial charge is 0.231 e. The van der Waals surface area contributed by atoms with Crippen LogP contribution in [-0.4, -0.2) is 19.0 Å². The third-order valence-electron chi connectivity index (χ3n) is 4.17. The highest BCUT2D eigenvalue weighted by molar-refractivity contribution is 5.56. The van der Waals surface area contributed by atoms with Crippen molar-refractivity contribution >= 4 is 0 Å². The maximum atomic E-state index is 10.7. The SMILES string of the molecule is COc1cc(C(O)/C2=C/CCCCCC2)cc2c1OCO2. The number of hydrogen-bond donors (Lipinski definition) is 1. The van der Waals surface area contributed by atoms with E-state index in [0.717, 1.165) is 30.4 Å². The van der Waals surface area contributed by atoms with Crippen molar-refractivity contribution in [3.63, 3.8) is 0 Å². The van der Waals surface area contributed by atoms with E-state index in [1.54, 1.807) is 7.11 Å². The molecule has 1 unspecified atom stereocenters. The van der Waals surface area contributed by atoms with Crippen LogP contribution in [0, 0.1) is 0 Å². The quantitative estimate of drug-likeness (QED) is 0.862. The van der Waals surface area contributed by atoms with Crippen LogP contribution in [0.25, 0.3) is 0 Å². The molecule has 1 aromatic carbocycles. The van der Waals surface area contributed by atoms with E-state index in [2.05, 4.69) is 6.08 Å². The zero-order valence-electron chi connectivity index (χ0n) is 12.4. The van der Waals surface area contributed by atoms with Gasteiger partial charge in [-0.05, 0) is 49.0 Å². The summed E-state index contributed by atoms with van der Waals surface area (Å²) in [5, 5.41) is 10.7. The fourth-order valence-electron chi connectivity index (χ4n) is 2.99. The summed E-state index contributed by atoms with van der Waals surface area (Å²) in [4.78, 5) is 0. The van der Waals surface area contributed by atoms with Crippen molar-refractivity contribution in [3.05, 3.63) is 29.3 Å². The number of rotatable bonds is 3. The first kappa shape index (κ1) is 14.3. The molecule has 0 amide bonds. The number of benzene rings is 1. The van der Waals surface area contributed by atoms with Gasteiger partial charge in [-0.3, -0.25) is 0 Å². The third-order valence-corrected chi connectivity index (χ3v) is 4.17. The van der Waals surface area contributed by atoms with E-state index >= 15 is 0 Å². The second kappa shape index (κ2) is 6.39. The van der Waals surface area contributed by atoms with Crippen molar-refractivity contribution in [3.8, 4) is 17.2 Å². The lowest BCUT2D eigenvalue weighted by Crippen LogP contribution is -2.04. The van der Waals surface area contributed by atoms with Crippen LogP contribution < -0.4 is 14.2 Å². The van der Waals surface area contributed by atoms with Gasteiger partial charge in [-0.2, -0.15) is 0 Å². The van der Waals surface area contributed by atoms with E-state index in [1.165, 1.54) is 19.3 Å². The Hall–Kier alpha value is -1.68. The zero-order chi connectivity index (χ0) is 14.7. The van der Waals surface area contributed by atoms with Crippen LogP contribution >= 0.6 is 0 Å². The second-order valence-corrected chi connectivity index (χ2v) is 5.59. The van der Waals surface area contributed by atoms with Crippen molar-refractivity contribution in [2.75, 3.05) is 13.9 Å². The number of hydrogen-bond acceptors (Lipinski definition) is 4. The summed E-state index contributed by atoms with van der Waals surface area (Å²) < 4.78 is 16.2. The first-order chi connectivity index (χ1) is 10.3. The van der Waals surface area contributed by atoms with Gasteiger partial charge in [0.2, 0.25) is 12.5 Å². The summed E-state index contributed by atoms with van der Waals surface area (Å²) in [7, 11) is 1.60. The molecule has 0 bridgehead atoms. The first-order valence-electron chi connectivity index (χ1n) is 7.64. The molecule has 4 nitrogen and oxygen atoms in total. The lowest BCUT2D eigenvalue weighted by Gasteiger charge is -2.19. The Morgan fingerprint density at radius 1 is 1.14 bits per heavy atom. The van der Waals surface area contributed by atoms with Gasteiger partial charge in [0.1, 0.15) is 6.10 Å². The van der Waals surface area contributed by atoms with Gasteiger partial charge in [0.25, 0.3) is 0 Å². The molecule has 0 saturated carbocycles. The van der Waals surface area contributed by atoms with Gasteiger partial charge in [-0.25, -0.2) is 0 Å². The van der Waals surface area contributed by atoms with Gasteiger partial charge in [0.15, 0.2) is 11.5 Å². The molecule has 3 rings (SSSR count). The number of aliphatic hydroxyl groups excluding tert-OH is 1. The highest BCUT2D eigenvalue weighted by atomic mass is 16.7. The molecular formula is C17H22O4. The minimum atomic E-state index is -0.591. The summed E-state index contributed by atoms with van der Waals surface area (Å²) in [5.74, 6) is 1.89. The molecule has 0 spiro atoms. The van der Waals surface area contributed by atoms with Crippen molar-refractivity contribution in [2.24, 2.45) is 0 Å². The monoisotopic (exact) mass is 290 g/mol. The van der Waals surface area contributed by atoms with Gasteiger partial charge in [0.05, 0.1) is 7.11 Å². The molecule has 4 heteroatoms. The molecule has 1 aliphatic carbocycles. The van der Waals surface area contributed by atoms with E-state index < -0.39 is 6.10 Å². The molecule has 0 radical (unpaired) electrons. The second-order valence-electron chi connectivity index (χ2n) is 5.59. The number of fused-ring (bicyclic) bond motifs is 1. The van der Waals surface area contributed by atoms with Crippen molar-refractivity contribution in [1.29, 1.82) is 0 Å². The average molecular weight is 290 g/mol.